The Kier molecular flexibility index (Phi) is 5.00. The molecule has 0 aromatic carbocycles. The minimum atomic E-state index is -4.34. The number of nitriles is 1. The number of amides is 1. The van der Waals surface area contributed by atoms with E-state index in [9.17, 15) is 18.0 Å². The number of hydrogen-bond donors (Lipinski definition) is 1. The number of nitrogens with zero attached hydrogens (tertiary/aromatic N) is 1. The molecule has 3 nitrogen and oxygen atoms in total. The van der Waals surface area contributed by atoms with Crippen molar-refractivity contribution in [3.05, 3.63) is 0 Å². The van der Waals surface area contributed by atoms with Crippen LogP contribution in [0, 0.1) is 23.2 Å². The van der Waals surface area contributed by atoms with Gasteiger partial charge in [-0.15, -0.1) is 0 Å². The van der Waals surface area contributed by atoms with Crippen LogP contribution in [0.4, 0.5) is 13.2 Å². The number of alkyl halides is 3. The molecule has 1 N–H and O–H groups in total. The highest BCUT2D eigenvalue weighted by atomic mass is 19.4. The molecule has 1 amide bonds. The van der Waals surface area contributed by atoms with Gasteiger partial charge in [-0.2, -0.15) is 18.4 Å². The van der Waals surface area contributed by atoms with Crippen LogP contribution in [0.5, 0.6) is 0 Å². The molecule has 6 heteroatoms. The van der Waals surface area contributed by atoms with Crippen molar-refractivity contribution in [3.63, 3.8) is 0 Å². The van der Waals surface area contributed by atoms with Gasteiger partial charge in [0.05, 0.1) is 12.0 Å². The van der Waals surface area contributed by atoms with Gasteiger partial charge in [0.2, 0.25) is 5.91 Å². The molecule has 0 bridgehead atoms. The Balaban J connectivity index is 2.72. The molecular weight excluding hydrogens is 245 g/mol. The Morgan fingerprint density at radius 1 is 1.44 bits per heavy atom. The smallest absolute Gasteiger partial charge is 0.340 e. The third-order valence-corrected chi connectivity index (χ3v) is 3.40. The Bertz CT molecular complexity index is 335. The lowest BCUT2D eigenvalue weighted by Crippen LogP contribution is -2.45. The minimum absolute atomic E-state index is 0.00489. The maximum Gasteiger partial charge on any atom is 0.392 e. The highest BCUT2D eigenvalue weighted by molar-refractivity contribution is 5.79. The molecule has 0 aromatic rings. The van der Waals surface area contributed by atoms with E-state index in [1.807, 2.05) is 6.07 Å². The first-order valence-corrected chi connectivity index (χ1v) is 6.16. The molecule has 0 radical (unpaired) electrons. The third kappa shape index (κ3) is 3.62. The van der Waals surface area contributed by atoms with Crippen LogP contribution >= 0.6 is 0 Å². The predicted molar refractivity (Wildman–Crippen MR) is 59.3 cm³/mol. The lowest BCUT2D eigenvalue weighted by Gasteiger charge is -2.32. The second kappa shape index (κ2) is 6.07. The quantitative estimate of drug-likeness (QED) is 0.850. The van der Waals surface area contributed by atoms with Crippen LogP contribution in [0.25, 0.3) is 0 Å². The van der Waals surface area contributed by atoms with Gasteiger partial charge in [-0.05, 0) is 19.3 Å². The van der Waals surface area contributed by atoms with Crippen LogP contribution in [-0.2, 0) is 4.79 Å². The Labute approximate surface area is 104 Å². The van der Waals surface area contributed by atoms with E-state index in [2.05, 4.69) is 5.32 Å². The Hall–Kier alpha value is -1.25. The van der Waals surface area contributed by atoms with Gasteiger partial charge in [-0.3, -0.25) is 4.79 Å². The van der Waals surface area contributed by atoms with E-state index in [0.717, 1.165) is 0 Å². The molecule has 0 aromatic heterocycles. The summed E-state index contributed by atoms with van der Waals surface area (Å²) in [6.45, 7) is 1.70. The zero-order valence-electron chi connectivity index (χ0n) is 10.3. The second-order valence-corrected chi connectivity index (χ2v) is 4.64. The van der Waals surface area contributed by atoms with Crippen molar-refractivity contribution in [1.82, 2.24) is 5.32 Å². The van der Waals surface area contributed by atoms with E-state index in [1.165, 1.54) is 0 Å². The number of nitrogens with one attached hydrogen (secondary N) is 1. The lowest BCUT2D eigenvalue weighted by molar-refractivity contribution is -0.198. The van der Waals surface area contributed by atoms with E-state index >= 15 is 0 Å². The van der Waals surface area contributed by atoms with Gasteiger partial charge in [-0.25, -0.2) is 0 Å². The van der Waals surface area contributed by atoms with Crippen LogP contribution in [0.15, 0.2) is 0 Å². The number of rotatable bonds is 3. The van der Waals surface area contributed by atoms with Gasteiger partial charge in [0.15, 0.2) is 0 Å². The molecule has 3 atom stereocenters. The largest absolute Gasteiger partial charge is 0.392 e. The topological polar surface area (TPSA) is 52.9 Å². The van der Waals surface area contributed by atoms with Crippen LogP contribution in [-0.4, -0.2) is 18.1 Å². The molecule has 1 fully saturated rings. The first kappa shape index (κ1) is 14.8. The summed E-state index contributed by atoms with van der Waals surface area (Å²) in [5, 5.41) is 11.1. The van der Waals surface area contributed by atoms with Crippen LogP contribution in [0.1, 0.15) is 39.0 Å². The van der Waals surface area contributed by atoms with Crippen molar-refractivity contribution in [1.29, 1.82) is 5.26 Å². The molecule has 1 rings (SSSR count). The fourth-order valence-corrected chi connectivity index (χ4v) is 2.34. The standard InChI is InChI=1S/C12H17F3N2O/c1-2-8(7-16)17-11(18)9-5-3-4-6-10(9)12(13,14)15/h8-10H,2-6H2,1H3,(H,17,18). The fraction of sp³-hybridized carbons (Fsp3) is 0.833. The molecule has 0 saturated heterocycles. The van der Waals surface area contributed by atoms with Gasteiger partial charge in [-0.1, -0.05) is 19.8 Å². The summed E-state index contributed by atoms with van der Waals surface area (Å²) in [5.41, 5.74) is 0. The maximum atomic E-state index is 12.8. The highest BCUT2D eigenvalue weighted by Crippen LogP contribution is 2.41. The molecule has 1 aliphatic rings. The summed E-state index contributed by atoms with van der Waals surface area (Å²) in [6.07, 6.45) is -2.55. The lowest BCUT2D eigenvalue weighted by atomic mass is 9.78. The predicted octanol–water partition coefficient (Wildman–Crippen LogP) is 2.77. The van der Waals surface area contributed by atoms with Crippen molar-refractivity contribution in [3.8, 4) is 6.07 Å². The number of hydrogen-bond acceptors (Lipinski definition) is 2. The summed E-state index contributed by atoms with van der Waals surface area (Å²) >= 11 is 0. The molecule has 0 aliphatic heterocycles. The summed E-state index contributed by atoms with van der Waals surface area (Å²) < 4.78 is 38.4. The van der Waals surface area contributed by atoms with Gasteiger partial charge in [0.25, 0.3) is 0 Å². The molecule has 102 valence electrons. The summed E-state index contributed by atoms with van der Waals surface area (Å²) in [4.78, 5) is 11.8. The van der Waals surface area contributed by atoms with E-state index in [1.54, 1.807) is 6.92 Å². The first-order valence-electron chi connectivity index (χ1n) is 6.16. The minimum Gasteiger partial charge on any atom is -0.340 e. The average Bonchev–Trinajstić information content (AvgIpc) is 2.34. The van der Waals surface area contributed by atoms with Crippen LogP contribution in [0.3, 0.4) is 0 Å². The first-order chi connectivity index (χ1) is 8.40. The zero-order valence-corrected chi connectivity index (χ0v) is 10.3. The van der Waals surface area contributed by atoms with Crippen molar-refractivity contribution in [2.24, 2.45) is 11.8 Å². The van der Waals surface area contributed by atoms with Crippen molar-refractivity contribution >= 4 is 5.91 Å². The number of carbonyl (C=O) groups is 1. The maximum absolute atomic E-state index is 12.8. The molecule has 3 unspecified atom stereocenters. The van der Waals surface area contributed by atoms with Gasteiger partial charge in [0.1, 0.15) is 6.04 Å². The molecule has 0 spiro atoms. The zero-order chi connectivity index (χ0) is 13.8. The van der Waals surface area contributed by atoms with E-state index in [4.69, 9.17) is 5.26 Å². The highest BCUT2D eigenvalue weighted by Gasteiger charge is 2.48. The molecule has 1 saturated carbocycles. The van der Waals surface area contributed by atoms with E-state index < -0.39 is 30.0 Å². The normalized spacial score (nSPS) is 26.2. The van der Waals surface area contributed by atoms with Crippen molar-refractivity contribution < 1.29 is 18.0 Å². The van der Waals surface area contributed by atoms with Crippen molar-refractivity contribution in [2.45, 2.75) is 51.2 Å². The molecule has 0 heterocycles. The van der Waals surface area contributed by atoms with Crippen LogP contribution in [0.2, 0.25) is 0 Å². The third-order valence-electron chi connectivity index (χ3n) is 3.40. The number of carbonyl (C=O) groups excluding carboxylic acids is 1. The fourth-order valence-electron chi connectivity index (χ4n) is 2.34. The van der Waals surface area contributed by atoms with E-state index in [0.29, 0.717) is 19.3 Å². The molecule has 1 aliphatic carbocycles. The molecular formula is C12H17F3N2O. The second-order valence-electron chi connectivity index (χ2n) is 4.64. The van der Waals surface area contributed by atoms with Crippen molar-refractivity contribution in [2.75, 3.05) is 0 Å². The van der Waals surface area contributed by atoms with Gasteiger partial charge < -0.3 is 5.32 Å². The van der Waals surface area contributed by atoms with Gasteiger partial charge >= 0.3 is 6.18 Å². The Morgan fingerprint density at radius 3 is 2.56 bits per heavy atom. The summed E-state index contributed by atoms with van der Waals surface area (Å²) in [7, 11) is 0. The molecule has 18 heavy (non-hydrogen) atoms. The van der Waals surface area contributed by atoms with Gasteiger partial charge in [0, 0.05) is 5.92 Å². The van der Waals surface area contributed by atoms with Crippen LogP contribution < -0.4 is 5.32 Å². The summed E-state index contributed by atoms with van der Waals surface area (Å²) in [6, 6.07) is 1.16. The SMILES string of the molecule is CCC(C#N)NC(=O)C1CCCCC1C(F)(F)F. The van der Waals surface area contributed by atoms with E-state index in [-0.39, 0.29) is 12.8 Å². The average molecular weight is 262 g/mol. The number of halogens is 3. The monoisotopic (exact) mass is 262 g/mol. The summed E-state index contributed by atoms with van der Waals surface area (Å²) in [5.74, 6) is -3.24. The Morgan fingerprint density at radius 2 is 2.06 bits per heavy atom.